The SMILES string of the molecule is CC(=O)OC1C(CO)OC(OCCCNC(=O)CCCCCN)C(OC(C)=O)C1OC(C)=O. The number of nitrogens with two attached hydrogens (primary N) is 1. The van der Waals surface area contributed by atoms with Crippen LogP contribution in [0, 0.1) is 0 Å². The molecule has 1 aliphatic rings. The van der Waals surface area contributed by atoms with Crippen LogP contribution in [-0.4, -0.2) is 85.9 Å². The number of amides is 1. The van der Waals surface area contributed by atoms with Crippen LogP contribution in [0.25, 0.3) is 0 Å². The van der Waals surface area contributed by atoms with Gasteiger partial charge in [-0.2, -0.15) is 0 Å². The number of ether oxygens (including phenoxy) is 5. The van der Waals surface area contributed by atoms with Gasteiger partial charge in [0.25, 0.3) is 0 Å². The summed E-state index contributed by atoms with van der Waals surface area (Å²) in [6, 6.07) is 0. The molecule has 5 atom stereocenters. The lowest BCUT2D eigenvalue weighted by Gasteiger charge is -2.43. The highest BCUT2D eigenvalue weighted by molar-refractivity contribution is 5.75. The highest BCUT2D eigenvalue weighted by atomic mass is 16.7. The van der Waals surface area contributed by atoms with Crippen molar-refractivity contribution in [3.8, 4) is 0 Å². The van der Waals surface area contributed by atoms with Crippen molar-refractivity contribution in [3.63, 3.8) is 0 Å². The van der Waals surface area contributed by atoms with Gasteiger partial charge in [-0.15, -0.1) is 0 Å². The monoisotopic (exact) mass is 476 g/mol. The number of hydrogen-bond acceptors (Lipinski definition) is 11. The Labute approximate surface area is 193 Å². The lowest BCUT2D eigenvalue weighted by atomic mass is 9.98. The lowest BCUT2D eigenvalue weighted by Crippen LogP contribution is -2.62. The molecule has 0 radical (unpaired) electrons. The molecule has 0 aromatic rings. The van der Waals surface area contributed by atoms with Gasteiger partial charge < -0.3 is 39.8 Å². The zero-order valence-electron chi connectivity index (χ0n) is 19.4. The molecule has 4 N–H and O–H groups in total. The summed E-state index contributed by atoms with van der Waals surface area (Å²) in [5, 5.41) is 12.5. The van der Waals surface area contributed by atoms with Gasteiger partial charge in [0.2, 0.25) is 5.91 Å². The van der Waals surface area contributed by atoms with E-state index in [1.807, 2.05) is 0 Å². The fraction of sp³-hybridized carbons (Fsp3) is 0.810. The Bertz CT molecular complexity index is 645. The van der Waals surface area contributed by atoms with Crippen molar-refractivity contribution >= 4 is 23.8 Å². The fourth-order valence-corrected chi connectivity index (χ4v) is 3.33. The van der Waals surface area contributed by atoms with E-state index in [9.17, 15) is 24.3 Å². The van der Waals surface area contributed by atoms with Crippen LogP contribution in [0.15, 0.2) is 0 Å². The third-order valence-corrected chi connectivity index (χ3v) is 4.71. The number of esters is 3. The molecular weight excluding hydrogens is 440 g/mol. The number of nitrogens with one attached hydrogen (secondary N) is 1. The minimum Gasteiger partial charge on any atom is -0.456 e. The van der Waals surface area contributed by atoms with Gasteiger partial charge in [0.15, 0.2) is 24.6 Å². The van der Waals surface area contributed by atoms with Crippen LogP contribution in [0.5, 0.6) is 0 Å². The van der Waals surface area contributed by atoms with Gasteiger partial charge in [-0.1, -0.05) is 6.42 Å². The first-order chi connectivity index (χ1) is 15.7. The number of aliphatic hydroxyl groups excluding tert-OH is 1. The molecule has 1 heterocycles. The van der Waals surface area contributed by atoms with E-state index in [2.05, 4.69) is 5.32 Å². The van der Waals surface area contributed by atoms with Crippen LogP contribution in [0.2, 0.25) is 0 Å². The van der Waals surface area contributed by atoms with Gasteiger partial charge in [0.1, 0.15) is 6.10 Å². The largest absolute Gasteiger partial charge is 0.456 e. The molecule has 0 bridgehead atoms. The molecule has 1 amide bonds. The first kappa shape index (κ1) is 28.8. The molecule has 1 aliphatic heterocycles. The van der Waals surface area contributed by atoms with Gasteiger partial charge in [0.05, 0.1) is 13.2 Å². The number of aliphatic hydroxyl groups is 1. The van der Waals surface area contributed by atoms with Crippen molar-refractivity contribution in [1.29, 1.82) is 0 Å². The first-order valence-corrected chi connectivity index (χ1v) is 11.1. The smallest absolute Gasteiger partial charge is 0.303 e. The third kappa shape index (κ3) is 10.9. The summed E-state index contributed by atoms with van der Waals surface area (Å²) >= 11 is 0. The second kappa shape index (κ2) is 15.5. The Hall–Kier alpha value is -2.28. The van der Waals surface area contributed by atoms with Crippen molar-refractivity contribution in [2.75, 3.05) is 26.3 Å². The number of unbranched alkanes of at least 4 members (excludes halogenated alkanes) is 2. The van der Waals surface area contributed by atoms with Crippen molar-refractivity contribution in [3.05, 3.63) is 0 Å². The van der Waals surface area contributed by atoms with Crippen LogP contribution in [-0.2, 0) is 42.9 Å². The van der Waals surface area contributed by atoms with E-state index in [-0.39, 0.29) is 12.5 Å². The quantitative estimate of drug-likeness (QED) is 0.168. The molecule has 190 valence electrons. The number of rotatable bonds is 14. The Morgan fingerprint density at radius 2 is 1.48 bits per heavy atom. The molecule has 33 heavy (non-hydrogen) atoms. The fourth-order valence-electron chi connectivity index (χ4n) is 3.33. The number of hydrogen-bond donors (Lipinski definition) is 3. The average Bonchev–Trinajstić information content (AvgIpc) is 2.73. The van der Waals surface area contributed by atoms with Crippen LogP contribution in [0.4, 0.5) is 0 Å². The summed E-state index contributed by atoms with van der Waals surface area (Å²) in [4.78, 5) is 46.7. The zero-order chi connectivity index (χ0) is 24.8. The maximum absolute atomic E-state index is 11.8. The van der Waals surface area contributed by atoms with Crippen molar-refractivity contribution < 1.29 is 48.0 Å². The molecule has 5 unspecified atom stereocenters. The highest BCUT2D eigenvalue weighted by Crippen LogP contribution is 2.29. The molecule has 1 fully saturated rings. The minimum absolute atomic E-state index is 0.0711. The standard InChI is InChI=1S/C21H36N2O10/c1-13(25)30-18-16(12-24)33-21(20(32-15(3)27)19(18)31-14(2)26)29-11-7-10-23-17(28)8-5-4-6-9-22/h16,18-21,24H,4-12,22H2,1-3H3,(H,23,28). The van der Waals surface area contributed by atoms with E-state index in [0.29, 0.717) is 25.9 Å². The Morgan fingerprint density at radius 3 is 2.06 bits per heavy atom. The molecule has 0 aliphatic carbocycles. The second-order valence-corrected chi connectivity index (χ2v) is 7.62. The molecule has 0 spiro atoms. The average molecular weight is 477 g/mol. The van der Waals surface area contributed by atoms with Crippen molar-refractivity contribution in [2.24, 2.45) is 5.73 Å². The molecule has 1 rings (SSSR count). The zero-order valence-corrected chi connectivity index (χ0v) is 19.4. The van der Waals surface area contributed by atoms with Crippen LogP contribution in [0.3, 0.4) is 0 Å². The summed E-state index contributed by atoms with van der Waals surface area (Å²) in [5.74, 6) is -2.17. The molecule has 0 saturated carbocycles. The Kier molecular flexibility index (Phi) is 13.5. The summed E-state index contributed by atoms with van der Waals surface area (Å²) in [6.07, 6.45) is -2.59. The number of carbonyl (C=O) groups is 4. The Morgan fingerprint density at radius 1 is 0.879 bits per heavy atom. The molecule has 0 aromatic carbocycles. The second-order valence-electron chi connectivity index (χ2n) is 7.62. The summed E-state index contributed by atoms with van der Waals surface area (Å²) in [6.45, 7) is 3.95. The van der Waals surface area contributed by atoms with Crippen molar-refractivity contribution in [1.82, 2.24) is 5.32 Å². The molecular formula is C21H36N2O10. The van der Waals surface area contributed by atoms with Crippen LogP contribution < -0.4 is 11.1 Å². The molecule has 12 heteroatoms. The summed E-state index contributed by atoms with van der Waals surface area (Å²) in [5.41, 5.74) is 5.42. The maximum atomic E-state index is 11.8. The van der Waals surface area contributed by atoms with Crippen molar-refractivity contribution in [2.45, 2.75) is 83.6 Å². The van der Waals surface area contributed by atoms with Crippen LogP contribution in [0.1, 0.15) is 52.9 Å². The lowest BCUT2D eigenvalue weighted by molar-refractivity contribution is -0.307. The topological polar surface area (TPSA) is 173 Å². The van der Waals surface area contributed by atoms with Gasteiger partial charge >= 0.3 is 17.9 Å². The van der Waals surface area contributed by atoms with E-state index in [0.717, 1.165) is 40.0 Å². The van der Waals surface area contributed by atoms with E-state index < -0.39 is 55.2 Å². The van der Waals surface area contributed by atoms with Crippen LogP contribution >= 0.6 is 0 Å². The Balaban J connectivity index is 2.72. The molecule has 12 nitrogen and oxygen atoms in total. The highest BCUT2D eigenvalue weighted by Gasteiger charge is 2.52. The van der Waals surface area contributed by atoms with E-state index in [1.54, 1.807) is 0 Å². The maximum Gasteiger partial charge on any atom is 0.303 e. The van der Waals surface area contributed by atoms with E-state index in [1.165, 1.54) is 0 Å². The normalized spacial score (nSPS) is 24.6. The third-order valence-electron chi connectivity index (χ3n) is 4.71. The minimum atomic E-state index is -1.25. The molecule has 0 aromatic heterocycles. The van der Waals surface area contributed by atoms with Gasteiger partial charge in [-0.05, 0) is 25.8 Å². The van der Waals surface area contributed by atoms with E-state index >= 15 is 0 Å². The van der Waals surface area contributed by atoms with Gasteiger partial charge in [0, 0.05) is 33.7 Å². The van der Waals surface area contributed by atoms with E-state index in [4.69, 9.17) is 29.4 Å². The van der Waals surface area contributed by atoms with Gasteiger partial charge in [-0.3, -0.25) is 19.2 Å². The number of carbonyl (C=O) groups excluding carboxylic acids is 4. The summed E-state index contributed by atoms with van der Waals surface area (Å²) < 4.78 is 27.1. The predicted octanol–water partition coefficient (Wildman–Crippen LogP) is -0.459. The predicted molar refractivity (Wildman–Crippen MR) is 114 cm³/mol. The molecule has 1 saturated heterocycles. The first-order valence-electron chi connectivity index (χ1n) is 11.1. The van der Waals surface area contributed by atoms with Gasteiger partial charge in [-0.25, -0.2) is 0 Å². The summed E-state index contributed by atoms with van der Waals surface area (Å²) in [7, 11) is 0.